The lowest BCUT2D eigenvalue weighted by molar-refractivity contribution is -0.138. The van der Waals surface area contributed by atoms with E-state index in [2.05, 4.69) is 9.97 Å². The van der Waals surface area contributed by atoms with Gasteiger partial charge in [0.05, 0.1) is 28.2 Å². The van der Waals surface area contributed by atoms with Crippen molar-refractivity contribution in [3.63, 3.8) is 0 Å². The van der Waals surface area contributed by atoms with Crippen LogP contribution in [0.25, 0.3) is 39.5 Å². The fourth-order valence-electron chi connectivity index (χ4n) is 4.01. The minimum absolute atomic E-state index is 0.0813. The molecule has 0 aliphatic rings. The molecule has 38 heavy (non-hydrogen) atoms. The summed E-state index contributed by atoms with van der Waals surface area (Å²) in [5.41, 5.74) is -2.69. The summed E-state index contributed by atoms with van der Waals surface area (Å²) in [4.78, 5) is 20.3. The number of aromatic nitrogens is 3. The second kappa shape index (κ2) is 8.82. The van der Waals surface area contributed by atoms with E-state index in [0.29, 0.717) is 6.07 Å². The van der Waals surface area contributed by atoms with Gasteiger partial charge in [0.1, 0.15) is 11.6 Å². The molecule has 5 rings (SSSR count). The molecule has 0 radical (unpaired) electrons. The number of H-pyrrole nitrogens is 1. The van der Waals surface area contributed by atoms with Crippen LogP contribution in [0.5, 0.6) is 0 Å². The van der Waals surface area contributed by atoms with Crippen LogP contribution >= 0.6 is 0 Å². The predicted molar refractivity (Wildman–Crippen MR) is 122 cm³/mol. The van der Waals surface area contributed by atoms with Crippen molar-refractivity contribution in [1.29, 1.82) is 0 Å². The van der Waals surface area contributed by atoms with Gasteiger partial charge in [0.2, 0.25) is 5.78 Å². The number of benzene rings is 3. The average molecular weight is 535 g/mol. The summed E-state index contributed by atoms with van der Waals surface area (Å²) < 4.78 is 107. The van der Waals surface area contributed by atoms with Gasteiger partial charge < -0.3 is 4.98 Å². The van der Waals surface area contributed by atoms with Crippen molar-refractivity contribution in [3.8, 4) is 33.8 Å². The van der Waals surface area contributed by atoms with Crippen molar-refractivity contribution in [3.05, 3.63) is 106 Å². The second-order valence-electron chi connectivity index (χ2n) is 8.26. The first-order chi connectivity index (χ1) is 17.8. The molecule has 1 N–H and O–H groups in total. The van der Waals surface area contributed by atoms with Crippen LogP contribution in [0.2, 0.25) is 0 Å². The maximum atomic E-state index is 14.8. The van der Waals surface area contributed by atoms with Crippen molar-refractivity contribution >= 4 is 5.78 Å². The number of nitrogens with one attached hydrogen (secondary N) is 1. The summed E-state index contributed by atoms with van der Waals surface area (Å²) in [5, 5.41) is 0. The number of aromatic amines is 1. The number of nitrogens with zero attached hydrogens (tertiary/aromatic N) is 2. The highest BCUT2D eigenvalue weighted by atomic mass is 19.4. The first-order valence-electron chi connectivity index (χ1n) is 10.8. The second-order valence-corrected chi connectivity index (χ2v) is 8.26. The van der Waals surface area contributed by atoms with Crippen LogP contribution in [0.15, 0.2) is 77.6 Å². The molecule has 0 saturated heterocycles. The lowest BCUT2D eigenvalue weighted by Gasteiger charge is -2.10. The number of imidazole rings is 1. The van der Waals surface area contributed by atoms with Crippen LogP contribution in [0.1, 0.15) is 11.1 Å². The van der Waals surface area contributed by atoms with Gasteiger partial charge in [-0.1, -0.05) is 24.3 Å². The number of fused-ring (bicyclic) bond motifs is 1. The number of hydrogen-bond donors (Lipinski definition) is 1. The third-order valence-corrected chi connectivity index (χ3v) is 5.81. The molecule has 4 nitrogen and oxygen atoms in total. The normalized spacial score (nSPS) is 12.3. The van der Waals surface area contributed by atoms with Gasteiger partial charge in [-0.05, 0) is 42.0 Å². The largest absolute Gasteiger partial charge is 0.416 e. The molecule has 12 heteroatoms. The minimum atomic E-state index is -4.62. The quantitative estimate of drug-likeness (QED) is 0.246. The van der Waals surface area contributed by atoms with E-state index in [9.17, 15) is 39.9 Å². The molecule has 2 aromatic heterocycles. The van der Waals surface area contributed by atoms with Crippen LogP contribution in [0, 0.1) is 11.6 Å². The molecule has 5 aromatic rings. The molecular weight excluding hydrogens is 522 g/mol. The minimum Gasteiger partial charge on any atom is -0.324 e. The van der Waals surface area contributed by atoms with E-state index >= 15 is 0 Å². The van der Waals surface area contributed by atoms with Gasteiger partial charge in [0.25, 0.3) is 5.56 Å². The molecule has 0 fully saturated rings. The molecule has 0 aliphatic heterocycles. The highest BCUT2D eigenvalue weighted by Gasteiger charge is 2.31. The Morgan fingerprint density at radius 1 is 0.711 bits per heavy atom. The van der Waals surface area contributed by atoms with Crippen LogP contribution in [0.4, 0.5) is 35.1 Å². The maximum Gasteiger partial charge on any atom is 0.416 e. The zero-order chi connectivity index (χ0) is 27.4. The molecule has 0 saturated carbocycles. The monoisotopic (exact) mass is 535 g/mol. The highest BCUT2D eigenvalue weighted by Crippen LogP contribution is 2.36. The molecule has 0 atom stereocenters. The molecule has 2 heterocycles. The Hall–Kier alpha value is -4.48. The molecule has 0 spiro atoms. The fourth-order valence-corrected chi connectivity index (χ4v) is 4.01. The van der Waals surface area contributed by atoms with Gasteiger partial charge in [-0.25, -0.2) is 18.2 Å². The molecule has 3 aromatic carbocycles. The first kappa shape index (κ1) is 25.2. The number of rotatable bonds is 3. The van der Waals surface area contributed by atoms with E-state index in [1.807, 2.05) is 0 Å². The molecule has 0 aliphatic carbocycles. The third-order valence-electron chi connectivity index (χ3n) is 5.81. The van der Waals surface area contributed by atoms with Crippen molar-refractivity contribution in [2.75, 3.05) is 0 Å². The van der Waals surface area contributed by atoms with E-state index in [1.54, 1.807) is 0 Å². The summed E-state index contributed by atoms with van der Waals surface area (Å²) in [6.07, 6.45) is -9.18. The van der Waals surface area contributed by atoms with Crippen LogP contribution in [-0.4, -0.2) is 14.4 Å². The Morgan fingerprint density at radius 3 is 1.79 bits per heavy atom. The topological polar surface area (TPSA) is 50.2 Å². The number of halogens is 8. The number of alkyl halides is 6. The summed E-state index contributed by atoms with van der Waals surface area (Å²) in [6, 6.07) is 11.4. The molecule has 0 bridgehead atoms. The highest BCUT2D eigenvalue weighted by molar-refractivity contribution is 5.82. The molecular formula is C26H13F8N3O. The van der Waals surface area contributed by atoms with Gasteiger partial charge in [-0.15, -0.1) is 0 Å². The van der Waals surface area contributed by atoms with Crippen molar-refractivity contribution in [2.45, 2.75) is 12.4 Å². The van der Waals surface area contributed by atoms with E-state index in [1.165, 1.54) is 0 Å². The zero-order valence-electron chi connectivity index (χ0n) is 18.8. The van der Waals surface area contributed by atoms with Crippen LogP contribution < -0.4 is 5.56 Å². The summed E-state index contributed by atoms with van der Waals surface area (Å²) in [7, 11) is 0. The summed E-state index contributed by atoms with van der Waals surface area (Å²) >= 11 is 0. The van der Waals surface area contributed by atoms with Crippen LogP contribution in [0.3, 0.4) is 0 Å². The Bertz CT molecular complexity index is 1710. The lowest BCUT2D eigenvalue weighted by Crippen LogP contribution is -2.14. The molecule has 0 unspecified atom stereocenters. The summed E-state index contributed by atoms with van der Waals surface area (Å²) in [6.45, 7) is 0. The van der Waals surface area contributed by atoms with Crippen LogP contribution in [-0.2, 0) is 12.4 Å². The number of hydrogen-bond acceptors (Lipinski definition) is 2. The maximum absolute atomic E-state index is 14.8. The van der Waals surface area contributed by atoms with Gasteiger partial charge in [0, 0.05) is 23.3 Å². The lowest BCUT2D eigenvalue weighted by atomic mass is 10.0. The predicted octanol–water partition coefficient (Wildman–Crippen LogP) is 7.34. The Balaban J connectivity index is 1.73. The standard InChI is InChI=1S/C26H13F8N3O/c27-17-9-10-18(19(28)11-17)23-22(14-3-7-16(8-4-14)26(32,33)34)36-24-35-20(12-21(38)37(23)24)13-1-5-15(6-2-13)25(29,30)31/h1-12H,(H,35,36). The third kappa shape index (κ3) is 4.53. The van der Waals surface area contributed by atoms with Crippen molar-refractivity contribution < 1.29 is 35.1 Å². The average Bonchev–Trinajstić information content (AvgIpc) is 3.23. The van der Waals surface area contributed by atoms with E-state index in [4.69, 9.17) is 0 Å². The van der Waals surface area contributed by atoms with Gasteiger partial charge in [-0.2, -0.15) is 26.3 Å². The Morgan fingerprint density at radius 2 is 1.26 bits per heavy atom. The van der Waals surface area contributed by atoms with Gasteiger partial charge >= 0.3 is 12.4 Å². The van der Waals surface area contributed by atoms with Crippen molar-refractivity contribution in [1.82, 2.24) is 14.4 Å². The SMILES string of the molecule is O=c1cc(-c2ccc(C(F)(F)F)cc2)[nH]c2nc(-c3ccc(C(F)(F)F)cc3)c(-c3ccc(F)cc3F)n12. The Kier molecular flexibility index (Phi) is 5.85. The Labute approximate surface area is 207 Å². The van der Waals surface area contributed by atoms with Crippen molar-refractivity contribution in [2.24, 2.45) is 0 Å². The smallest absolute Gasteiger partial charge is 0.324 e. The van der Waals surface area contributed by atoms with E-state index in [-0.39, 0.29) is 39.5 Å². The van der Waals surface area contributed by atoms with Gasteiger partial charge in [0.15, 0.2) is 0 Å². The van der Waals surface area contributed by atoms with E-state index in [0.717, 1.165) is 71.1 Å². The van der Waals surface area contributed by atoms with Gasteiger partial charge in [-0.3, -0.25) is 4.79 Å². The molecule has 0 amide bonds. The fraction of sp³-hybridized carbons (Fsp3) is 0.0769. The first-order valence-corrected chi connectivity index (χ1v) is 10.8. The van der Waals surface area contributed by atoms with E-state index < -0.39 is 40.7 Å². The zero-order valence-corrected chi connectivity index (χ0v) is 18.8. The molecule has 194 valence electrons. The summed E-state index contributed by atoms with van der Waals surface area (Å²) in [5.74, 6) is -2.11.